The van der Waals surface area contributed by atoms with E-state index < -0.39 is 5.97 Å². The third-order valence-electron chi connectivity index (χ3n) is 2.33. The first-order valence-corrected chi connectivity index (χ1v) is 4.83. The molecule has 16 heavy (non-hydrogen) atoms. The van der Waals surface area contributed by atoms with Gasteiger partial charge in [0, 0.05) is 17.6 Å². The van der Waals surface area contributed by atoms with Crippen molar-refractivity contribution >= 4 is 16.7 Å². The van der Waals surface area contributed by atoms with Crippen molar-refractivity contribution in [3.63, 3.8) is 0 Å². The van der Waals surface area contributed by atoms with Gasteiger partial charge in [0.05, 0.1) is 13.5 Å². The van der Waals surface area contributed by atoms with Crippen LogP contribution in [0.5, 0.6) is 5.88 Å². The molecule has 0 amide bonds. The van der Waals surface area contributed by atoms with Crippen LogP contribution in [0.3, 0.4) is 0 Å². The van der Waals surface area contributed by atoms with E-state index in [0.29, 0.717) is 5.88 Å². The van der Waals surface area contributed by atoms with Crippen molar-refractivity contribution in [2.45, 2.75) is 6.42 Å². The Morgan fingerprint density at radius 1 is 1.38 bits per heavy atom. The fourth-order valence-electron chi connectivity index (χ4n) is 1.57. The van der Waals surface area contributed by atoms with E-state index >= 15 is 0 Å². The average molecular weight is 217 g/mol. The number of methoxy groups -OCH3 is 1. The van der Waals surface area contributed by atoms with Crippen molar-refractivity contribution in [1.82, 2.24) is 4.98 Å². The monoisotopic (exact) mass is 217 g/mol. The zero-order valence-corrected chi connectivity index (χ0v) is 8.80. The molecule has 0 aliphatic heterocycles. The Balaban J connectivity index is 2.43. The minimum Gasteiger partial charge on any atom is -0.481 e. The summed E-state index contributed by atoms with van der Waals surface area (Å²) in [6, 6.07) is 7.32. The van der Waals surface area contributed by atoms with Gasteiger partial charge in [-0.15, -0.1) is 0 Å². The molecule has 0 atom stereocenters. The SMILES string of the molecule is COc1cc2ccc(CC(=O)O)cc2cn1. The maximum Gasteiger partial charge on any atom is 0.307 e. The predicted octanol–water partition coefficient (Wildman–Crippen LogP) is 1.87. The molecule has 1 aromatic heterocycles. The van der Waals surface area contributed by atoms with E-state index in [1.165, 1.54) is 0 Å². The number of rotatable bonds is 3. The van der Waals surface area contributed by atoms with Crippen LogP contribution in [0.15, 0.2) is 30.5 Å². The van der Waals surface area contributed by atoms with Gasteiger partial charge in [-0.1, -0.05) is 12.1 Å². The minimum atomic E-state index is -0.833. The van der Waals surface area contributed by atoms with Crippen LogP contribution in [0.25, 0.3) is 10.8 Å². The first kappa shape index (κ1) is 10.4. The third-order valence-corrected chi connectivity index (χ3v) is 2.33. The number of fused-ring (bicyclic) bond motifs is 1. The highest BCUT2D eigenvalue weighted by Crippen LogP contribution is 2.19. The Kier molecular flexibility index (Phi) is 2.72. The number of nitrogens with zero attached hydrogens (tertiary/aromatic N) is 1. The van der Waals surface area contributed by atoms with Crippen LogP contribution in [0, 0.1) is 0 Å². The van der Waals surface area contributed by atoms with Crippen molar-refractivity contribution in [2.24, 2.45) is 0 Å². The summed E-state index contributed by atoms with van der Waals surface area (Å²) in [6.45, 7) is 0. The average Bonchev–Trinajstić information content (AvgIpc) is 2.27. The number of carbonyl (C=O) groups is 1. The number of hydrogen-bond acceptors (Lipinski definition) is 3. The molecule has 2 rings (SSSR count). The van der Waals surface area contributed by atoms with E-state index in [4.69, 9.17) is 9.84 Å². The number of carboxylic acids is 1. The summed E-state index contributed by atoms with van der Waals surface area (Å²) >= 11 is 0. The van der Waals surface area contributed by atoms with E-state index in [2.05, 4.69) is 4.98 Å². The van der Waals surface area contributed by atoms with E-state index in [1.54, 1.807) is 19.4 Å². The maximum absolute atomic E-state index is 10.6. The predicted molar refractivity (Wildman–Crippen MR) is 59.6 cm³/mol. The lowest BCUT2D eigenvalue weighted by atomic mass is 10.1. The summed E-state index contributed by atoms with van der Waals surface area (Å²) in [6.07, 6.45) is 1.71. The number of hydrogen-bond donors (Lipinski definition) is 1. The van der Waals surface area contributed by atoms with Gasteiger partial charge >= 0.3 is 5.97 Å². The van der Waals surface area contributed by atoms with Gasteiger partial charge in [0.25, 0.3) is 0 Å². The number of benzene rings is 1. The first-order chi connectivity index (χ1) is 7.69. The third kappa shape index (κ3) is 2.11. The van der Waals surface area contributed by atoms with Crippen LogP contribution in [-0.4, -0.2) is 23.2 Å². The highest BCUT2D eigenvalue weighted by molar-refractivity contribution is 5.84. The Labute approximate surface area is 92.5 Å². The maximum atomic E-state index is 10.6. The summed E-state index contributed by atoms with van der Waals surface area (Å²) in [5, 5.41) is 10.6. The Morgan fingerprint density at radius 3 is 2.88 bits per heavy atom. The number of aromatic nitrogens is 1. The molecular formula is C12H11NO3. The van der Waals surface area contributed by atoms with Gasteiger partial charge in [-0.2, -0.15) is 0 Å². The number of pyridine rings is 1. The molecule has 1 N–H and O–H groups in total. The zero-order chi connectivity index (χ0) is 11.5. The second kappa shape index (κ2) is 4.18. The van der Waals surface area contributed by atoms with E-state index in [1.807, 2.05) is 18.2 Å². The zero-order valence-electron chi connectivity index (χ0n) is 8.80. The molecule has 0 unspecified atom stereocenters. The number of ether oxygens (including phenoxy) is 1. The smallest absolute Gasteiger partial charge is 0.307 e. The Morgan fingerprint density at radius 2 is 2.19 bits per heavy atom. The molecule has 0 radical (unpaired) electrons. The molecule has 4 nitrogen and oxygen atoms in total. The summed E-state index contributed by atoms with van der Waals surface area (Å²) in [4.78, 5) is 14.6. The second-order valence-corrected chi connectivity index (χ2v) is 3.48. The molecule has 0 bridgehead atoms. The Hall–Kier alpha value is -2.10. The second-order valence-electron chi connectivity index (χ2n) is 3.48. The standard InChI is InChI=1S/C12H11NO3/c1-16-11-6-9-3-2-8(5-12(14)15)4-10(9)7-13-11/h2-4,6-7H,5H2,1H3,(H,14,15). The van der Waals surface area contributed by atoms with Gasteiger partial charge in [0.15, 0.2) is 0 Å². The minimum absolute atomic E-state index is 0.0297. The van der Waals surface area contributed by atoms with Crippen LogP contribution in [0.2, 0.25) is 0 Å². The van der Waals surface area contributed by atoms with Crippen molar-refractivity contribution in [2.75, 3.05) is 7.11 Å². The molecule has 0 saturated heterocycles. The highest BCUT2D eigenvalue weighted by Gasteiger charge is 2.03. The van der Waals surface area contributed by atoms with Crippen molar-refractivity contribution in [3.8, 4) is 5.88 Å². The molecule has 0 fully saturated rings. The number of aliphatic carboxylic acids is 1. The molecule has 1 heterocycles. The van der Waals surface area contributed by atoms with Crippen LogP contribution in [0.4, 0.5) is 0 Å². The first-order valence-electron chi connectivity index (χ1n) is 4.83. The fourth-order valence-corrected chi connectivity index (χ4v) is 1.57. The van der Waals surface area contributed by atoms with Gasteiger partial charge in [0.2, 0.25) is 5.88 Å². The molecule has 0 saturated carbocycles. The topological polar surface area (TPSA) is 59.4 Å². The lowest BCUT2D eigenvalue weighted by molar-refractivity contribution is -0.136. The fraction of sp³-hybridized carbons (Fsp3) is 0.167. The highest BCUT2D eigenvalue weighted by atomic mass is 16.5. The lowest BCUT2D eigenvalue weighted by Crippen LogP contribution is -1.99. The molecule has 2 aromatic rings. The van der Waals surface area contributed by atoms with Crippen LogP contribution < -0.4 is 4.74 Å². The summed E-state index contributed by atoms with van der Waals surface area (Å²) in [5.74, 6) is -0.278. The van der Waals surface area contributed by atoms with Gasteiger partial charge in [0.1, 0.15) is 0 Å². The summed E-state index contributed by atoms with van der Waals surface area (Å²) in [5.41, 5.74) is 0.770. The molecule has 4 heteroatoms. The summed E-state index contributed by atoms with van der Waals surface area (Å²) < 4.78 is 5.01. The lowest BCUT2D eigenvalue weighted by Gasteiger charge is -2.03. The van der Waals surface area contributed by atoms with Gasteiger partial charge in [-0.25, -0.2) is 4.98 Å². The van der Waals surface area contributed by atoms with Crippen molar-refractivity contribution < 1.29 is 14.6 Å². The molecule has 1 aromatic carbocycles. The van der Waals surface area contributed by atoms with Gasteiger partial charge < -0.3 is 9.84 Å². The molecule has 0 aliphatic carbocycles. The Bertz CT molecular complexity index is 537. The van der Waals surface area contributed by atoms with E-state index in [9.17, 15) is 4.79 Å². The summed E-state index contributed by atoms with van der Waals surface area (Å²) in [7, 11) is 1.56. The molecule has 82 valence electrons. The van der Waals surface area contributed by atoms with Crippen LogP contribution in [-0.2, 0) is 11.2 Å². The van der Waals surface area contributed by atoms with Gasteiger partial charge in [-0.05, 0) is 17.0 Å². The van der Waals surface area contributed by atoms with Crippen molar-refractivity contribution in [3.05, 3.63) is 36.0 Å². The van der Waals surface area contributed by atoms with E-state index in [0.717, 1.165) is 16.3 Å². The van der Waals surface area contributed by atoms with Gasteiger partial charge in [-0.3, -0.25) is 4.79 Å². The normalized spacial score (nSPS) is 10.3. The molecule has 0 spiro atoms. The van der Waals surface area contributed by atoms with E-state index in [-0.39, 0.29) is 6.42 Å². The molecular weight excluding hydrogens is 206 g/mol. The molecule has 0 aliphatic rings. The quantitative estimate of drug-likeness (QED) is 0.852. The van der Waals surface area contributed by atoms with Crippen LogP contribution in [0.1, 0.15) is 5.56 Å². The van der Waals surface area contributed by atoms with Crippen molar-refractivity contribution in [1.29, 1.82) is 0 Å². The largest absolute Gasteiger partial charge is 0.481 e. The van der Waals surface area contributed by atoms with Crippen LogP contribution >= 0.6 is 0 Å². The number of carboxylic acid groups (broad SMARTS) is 1.